The van der Waals surface area contributed by atoms with Crippen LogP contribution in [0.25, 0.3) is 0 Å². The average molecular weight is 322 g/mol. The van der Waals surface area contributed by atoms with Gasteiger partial charge in [-0.05, 0) is 30.5 Å². The molecule has 14 heavy (non-hydrogen) atoms. The summed E-state index contributed by atoms with van der Waals surface area (Å²) in [5.74, 6) is 0.962. The van der Waals surface area contributed by atoms with E-state index >= 15 is 0 Å². The van der Waals surface area contributed by atoms with Crippen molar-refractivity contribution in [2.45, 2.75) is 18.2 Å². The molecule has 0 aromatic heterocycles. The third kappa shape index (κ3) is 4.47. The Labute approximate surface area is 102 Å². The fourth-order valence-electron chi connectivity index (χ4n) is 1.06. The highest BCUT2D eigenvalue weighted by atomic mass is 79.9. The van der Waals surface area contributed by atoms with Crippen molar-refractivity contribution in [3.8, 4) is 5.75 Å². The minimum absolute atomic E-state index is 0.805. The molecule has 0 aliphatic heterocycles. The monoisotopic (exact) mass is 320 g/mol. The number of unbranched alkanes of at least 4 members (excludes halogenated alkanes) is 1. The molecule has 0 bridgehead atoms. The lowest BCUT2D eigenvalue weighted by Crippen LogP contribution is -1.97. The van der Waals surface area contributed by atoms with E-state index in [1.54, 1.807) is 0 Å². The molecule has 0 saturated carbocycles. The normalized spacial score (nSPS) is 10.1. The van der Waals surface area contributed by atoms with E-state index in [0.29, 0.717) is 0 Å². The van der Waals surface area contributed by atoms with Crippen molar-refractivity contribution < 1.29 is 4.74 Å². The van der Waals surface area contributed by atoms with Gasteiger partial charge in [0, 0.05) is 10.7 Å². The zero-order valence-corrected chi connectivity index (χ0v) is 11.2. The molecule has 0 atom stereocenters. The summed E-state index contributed by atoms with van der Waals surface area (Å²) in [6.07, 6.45) is 2.27. The quantitative estimate of drug-likeness (QED) is 0.565. The molecule has 0 fully saturated rings. The second-order valence-corrected chi connectivity index (χ2v) is 4.38. The lowest BCUT2D eigenvalue weighted by molar-refractivity contribution is 0.310. The molecular formula is C11H14Br2O. The maximum atomic E-state index is 5.57. The van der Waals surface area contributed by atoms with E-state index in [0.717, 1.165) is 29.4 Å². The minimum Gasteiger partial charge on any atom is -0.494 e. The summed E-state index contributed by atoms with van der Waals surface area (Å²) in [5, 5.41) is 1.95. The Kier molecular flexibility index (Phi) is 6.28. The Morgan fingerprint density at radius 1 is 1.00 bits per heavy atom. The van der Waals surface area contributed by atoms with Crippen molar-refractivity contribution in [3.05, 3.63) is 29.8 Å². The first-order valence-corrected chi connectivity index (χ1v) is 6.95. The van der Waals surface area contributed by atoms with Gasteiger partial charge in [-0.2, -0.15) is 0 Å². The van der Waals surface area contributed by atoms with Crippen LogP contribution in [0.3, 0.4) is 0 Å². The van der Waals surface area contributed by atoms with E-state index in [4.69, 9.17) is 4.74 Å². The van der Waals surface area contributed by atoms with Crippen LogP contribution < -0.4 is 4.74 Å². The van der Waals surface area contributed by atoms with Crippen molar-refractivity contribution in [1.82, 2.24) is 0 Å². The number of halogens is 2. The molecule has 1 rings (SSSR count). The second kappa shape index (κ2) is 7.30. The molecule has 0 radical (unpaired) electrons. The van der Waals surface area contributed by atoms with Crippen LogP contribution in [-0.2, 0) is 5.33 Å². The summed E-state index contributed by atoms with van der Waals surface area (Å²) in [6.45, 7) is 0.805. The molecule has 1 nitrogen and oxygen atoms in total. The van der Waals surface area contributed by atoms with Gasteiger partial charge in [-0.3, -0.25) is 0 Å². The van der Waals surface area contributed by atoms with Crippen molar-refractivity contribution >= 4 is 31.9 Å². The van der Waals surface area contributed by atoms with E-state index in [2.05, 4.69) is 44.0 Å². The van der Waals surface area contributed by atoms with Gasteiger partial charge in [0.1, 0.15) is 5.75 Å². The number of hydrogen-bond acceptors (Lipinski definition) is 1. The molecule has 1 aromatic carbocycles. The maximum Gasteiger partial charge on any atom is 0.119 e. The molecule has 0 heterocycles. The fourth-order valence-corrected chi connectivity index (χ4v) is 1.83. The number of rotatable bonds is 6. The van der Waals surface area contributed by atoms with Crippen LogP contribution in [0.4, 0.5) is 0 Å². The summed E-state index contributed by atoms with van der Waals surface area (Å²) in [6, 6.07) is 8.19. The highest BCUT2D eigenvalue weighted by Gasteiger charge is 1.94. The van der Waals surface area contributed by atoms with Gasteiger partial charge in [0.15, 0.2) is 0 Å². The van der Waals surface area contributed by atoms with Crippen molar-refractivity contribution in [1.29, 1.82) is 0 Å². The van der Waals surface area contributed by atoms with E-state index < -0.39 is 0 Å². The van der Waals surface area contributed by atoms with Crippen molar-refractivity contribution in [2.75, 3.05) is 11.9 Å². The molecule has 0 saturated heterocycles. The molecule has 0 unspecified atom stereocenters. The van der Waals surface area contributed by atoms with Crippen LogP contribution in [0.2, 0.25) is 0 Å². The van der Waals surface area contributed by atoms with Gasteiger partial charge in [0.25, 0.3) is 0 Å². The summed E-state index contributed by atoms with van der Waals surface area (Å²) in [5.41, 5.74) is 1.28. The first-order valence-electron chi connectivity index (χ1n) is 4.70. The molecule has 0 spiro atoms. The Morgan fingerprint density at radius 3 is 2.29 bits per heavy atom. The van der Waals surface area contributed by atoms with E-state index in [1.165, 1.54) is 12.0 Å². The smallest absolute Gasteiger partial charge is 0.119 e. The van der Waals surface area contributed by atoms with Gasteiger partial charge in [-0.1, -0.05) is 44.0 Å². The number of alkyl halides is 2. The molecule has 0 N–H and O–H groups in total. The zero-order valence-electron chi connectivity index (χ0n) is 8.01. The Bertz CT molecular complexity index is 246. The fraction of sp³-hybridized carbons (Fsp3) is 0.455. The van der Waals surface area contributed by atoms with Gasteiger partial charge >= 0.3 is 0 Å². The van der Waals surface area contributed by atoms with Crippen molar-refractivity contribution in [3.63, 3.8) is 0 Å². The molecule has 0 aliphatic carbocycles. The SMILES string of the molecule is BrCCCCOc1ccc(CBr)cc1. The predicted molar refractivity (Wildman–Crippen MR) is 67.6 cm³/mol. The van der Waals surface area contributed by atoms with Crippen LogP contribution in [-0.4, -0.2) is 11.9 Å². The summed E-state index contributed by atoms with van der Waals surface area (Å²) < 4.78 is 5.57. The molecule has 0 aliphatic rings. The number of ether oxygens (including phenoxy) is 1. The second-order valence-electron chi connectivity index (χ2n) is 3.02. The van der Waals surface area contributed by atoms with Crippen LogP contribution in [0.15, 0.2) is 24.3 Å². The topological polar surface area (TPSA) is 9.23 Å². The standard InChI is InChI=1S/C11H14Br2O/c12-7-1-2-8-14-11-5-3-10(9-13)4-6-11/h3-6H,1-2,7-9H2. The maximum absolute atomic E-state index is 5.57. The van der Waals surface area contributed by atoms with Gasteiger partial charge in [0.2, 0.25) is 0 Å². The summed E-state index contributed by atoms with van der Waals surface area (Å²) >= 11 is 6.80. The largest absolute Gasteiger partial charge is 0.494 e. The lowest BCUT2D eigenvalue weighted by atomic mass is 10.2. The first-order chi connectivity index (χ1) is 6.86. The van der Waals surface area contributed by atoms with Crippen LogP contribution in [0.1, 0.15) is 18.4 Å². The van der Waals surface area contributed by atoms with E-state index in [1.807, 2.05) is 12.1 Å². The number of hydrogen-bond donors (Lipinski definition) is 0. The third-order valence-electron chi connectivity index (χ3n) is 1.87. The molecule has 3 heteroatoms. The Morgan fingerprint density at radius 2 is 1.71 bits per heavy atom. The zero-order chi connectivity index (χ0) is 10.2. The molecule has 1 aromatic rings. The predicted octanol–water partition coefficient (Wildman–Crippen LogP) is 4.14. The van der Waals surface area contributed by atoms with Crippen molar-refractivity contribution in [2.24, 2.45) is 0 Å². The van der Waals surface area contributed by atoms with E-state index in [9.17, 15) is 0 Å². The highest BCUT2D eigenvalue weighted by Crippen LogP contribution is 2.14. The average Bonchev–Trinajstić information content (AvgIpc) is 2.25. The Hall–Kier alpha value is -0.0200. The lowest BCUT2D eigenvalue weighted by Gasteiger charge is -2.05. The first kappa shape index (κ1) is 12.1. The molecule has 78 valence electrons. The van der Waals surface area contributed by atoms with Crippen LogP contribution in [0, 0.1) is 0 Å². The van der Waals surface area contributed by atoms with E-state index in [-0.39, 0.29) is 0 Å². The van der Waals surface area contributed by atoms with Gasteiger partial charge in [0.05, 0.1) is 6.61 Å². The molecular weight excluding hydrogens is 308 g/mol. The summed E-state index contributed by atoms with van der Waals surface area (Å²) in [4.78, 5) is 0. The van der Waals surface area contributed by atoms with Gasteiger partial charge < -0.3 is 4.74 Å². The molecule has 0 amide bonds. The Balaban J connectivity index is 2.29. The minimum atomic E-state index is 0.805. The third-order valence-corrected chi connectivity index (χ3v) is 3.08. The number of benzene rings is 1. The van der Waals surface area contributed by atoms with Gasteiger partial charge in [-0.25, -0.2) is 0 Å². The van der Waals surface area contributed by atoms with Gasteiger partial charge in [-0.15, -0.1) is 0 Å². The van der Waals surface area contributed by atoms with Crippen LogP contribution >= 0.6 is 31.9 Å². The highest BCUT2D eigenvalue weighted by molar-refractivity contribution is 9.09. The van der Waals surface area contributed by atoms with Crippen LogP contribution in [0.5, 0.6) is 5.75 Å². The summed E-state index contributed by atoms with van der Waals surface area (Å²) in [7, 11) is 0.